The van der Waals surface area contributed by atoms with Gasteiger partial charge in [0.2, 0.25) is 0 Å². The summed E-state index contributed by atoms with van der Waals surface area (Å²) in [6, 6.07) is 2.78. The summed E-state index contributed by atoms with van der Waals surface area (Å²) in [6.07, 6.45) is -4.88. The largest absolute Gasteiger partial charge is 0.465 e. The third-order valence-corrected chi connectivity index (χ3v) is 2.19. The molecule has 1 aromatic carbocycles. The average Bonchev–Trinajstić information content (AvgIpc) is 2.34. The topological polar surface area (TPSA) is 67.2 Å². The summed E-state index contributed by atoms with van der Waals surface area (Å²) in [7, 11) is 1.02. The monoisotopic (exact) mass is 257 g/mol. The summed E-state index contributed by atoms with van der Waals surface area (Å²) >= 11 is 0. The maximum absolute atomic E-state index is 12.6. The van der Waals surface area contributed by atoms with E-state index in [1.165, 1.54) is 6.07 Å². The van der Waals surface area contributed by atoms with E-state index in [9.17, 15) is 22.8 Å². The van der Waals surface area contributed by atoms with E-state index in [-0.39, 0.29) is 11.8 Å². The number of hydrogen-bond donors (Lipinski definition) is 0. The van der Waals surface area contributed by atoms with Crippen LogP contribution in [0.3, 0.4) is 0 Å². The van der Waals surface area contributed by atoms with Gasteiger partial charge >= 0.3 is 12.1 Å². The van der Waals surface area contributed by atoms with Crippen molar-refractivity contribution in [3.8, 4) is 6.07 Å². The fourth-order valence-corrected chi connectivity index (χ4v) is 1.39. The summed E-state index contributed by atoms with van der Waals surface area (Å²) in [6.45, 7) is 0. The second kappa shape index (κ2) is 4.87. The molecule has 0 radical (unpaired) electrons. The minimum Gasteiger partial charge on any atom is -0.465 e. The molecular weight excluding hydrogens is 251 g/mol. The second-order valence-electron chi connectivity index (χ2n) is 3.17. The molecule has 0 fully saturated rings. The Morgan fingerprint density at radius 2 is 2.06 bits per heavy atom. The minimum absolute atomic E-state index is 0.103. The normalized spacial score (nSPS) is 10.6. The molecule has 0 unspecified atom stereocenters. The summed E-state index contributed by atoms with van der Waals surface area (Å²) in [5, 5.41) is 8.78. The third-order valence-electron chi connectivity index (χ3n) is 2.19. The molecule has 0 bridgehead atoms. The van der Waals surface area contributed by atoms with Gasteiger partial charge in [-0.05, 0) is 12.1 Å². The molecule has 0 N–H and O–H groups in total. The Balaban J connectivity index is 3.63. The standard InChI is InChI=1S/C11H6F3NO3/c1-18-10(17)6-2-3-9(11(12,13)14)8(5-16)7(6)4-15/h2-3,5H,1H3. The lowest BCUT2D eigenvalue weighted by Gasteiger charge is -2.12. The van der Waals surface area contributed by atoms with Gasteiger partial charge in [-0.1, -0.05) is 0 Å². The van der Waals surface area contributed by atoms with Crippen LogP contribution in [0.2, 0.25) is 0 Å². The lowest BCUT2D eigenvalue weighted by atomic mass is 9.97. The van der Waals surface area contributed by atoms with E-state index in [0.29, 0.717) is 6.07 Å². The number of benzene rings is 1. The Hall–Kier alpha value is -2.36. The van der Waals surface area contributed by atoms with Gasteiger partial charge < -0.3 is 4.74 Å². The third kappa shape index (κ3) is 2.32. The number of aldehydes is 1. The van der Waals surface area contributed by atoms with Crippen molar-refractivity contribution >= 4 is 12.3 Å². The molecule has 0 aliphatic carbocycles. The van der Waals surface area contributed by atoms with Crippen molar-refractivity contribution in [1.29, 1.82) is 5.26 Å². The number of alkyl halides is 3. The van der Waals surface area contributed by atoms with E-state index in [4.69, 9.17) is 5.26 Å². The number of methoxy groups -OCH3 is 1. The van der Waals surface area contributed by atoms with Crippen LogP contribution in [0.1, 0.15) is 31.8 Å². The Morgan fingerprint density at radius 3 is 2.44 bits per heavy atom. The van der Waals surface area contributed by atoms with Crippen LogP contribution in [0, 0.1) is 11.3 Å². The van der Waals surface area contributed by atoms with Gasteiger partial charge in [0.05, 0.1) is 23.8 Å². The highest BCUT2D eigenvalue weighted by Gasteiger charge is 2.35. The van der Waals surface area contributed by atoms with Crippen molar-refractivity contribution < 1.29 is 27.5 Å². The van der Waals surface area contributed by atoms with Crippen LogP contribution in [0.15, 0.2) is 12.1 Å². The van der Waals surface area contributed by atoms with Crippen molar-refractivity contribution in [3.05, 3.63) is 34.4 Å². The van der Waals surface area contributed by atoms with Crippen molar-refractivity contribution in [3.63, 3.8) is 0 Å². The van der Waals surface area contributed by atoms with Crippen molar-refractivity contribution in [2.24, 2.45) is 0 Å². The molecule has 1 rings (SSSR count). The number of ether oxygens (including phenoxy) is 1. The van der Waals surface area contributed by atoms with Crippen LogP contribution in [0.4, 0.5) is 13.2 Å². The molecule has 0 aliphatic rings. The van der Waals surface area contributed by atoms with Gasteiger partial charge in [-0.3, -0.25) is 4.79 Å². The molecule has 0 saturated carbocycles. The molecule has 18 heavy (non-hydrogen) atoms. The molecule has 4 nitrogen and oxygen atoms in total. The molecule has 94 valence electrons. The fourth-order valence-electron chi connectivity index (χ4n) is 1.39. The number of carbonyl (C=O) groups excluding carboxylic acids is 2. The van der Waals surface area contributed by atoms with E-state index in [1.54, 1.807) is 0 Å². The van der Waals surface area contributed by atoms with Crippen LogP contribution in [0.5, 0.6) is 0 Å². The zero-order valence-corrected chi connectivity index (χ0v) is 9.04. The minimum atomic E-state index is -4.78. The van der Waals surface area contributed by atoms with Crippen LogP contribution < -0.4 is 0 Å². The quantitative estimate of drug-likeness (QED) is 0.601. The van der Waals surface area contributed by atoms with Gasteiger partial charge in [0.25, 0.3) is 0 Å². The lowest BCUT2D eigenvalue weighted by Crippen LogP contribution is -2.14. The number of nitriles is 1. The van der Waals surface area contributed by atoms with Crippen LogP contribution in [-0.4, -0.2) is 19.4 Å². The highest BCUT2D eigenvalue weighted by molar-refractivity contribution is 5.96. The van der Waals surface area contributed by atoms with Crippen molar-refractivity contribution in [2.45, 2.75) is 6.18 Å². The highest BCUT2D eigenvalue weighted by Crippen LogP contribution is 2.33. The van der Waals surface area contributed by atoms with Crippen LogP contribution in [0.25, 0.3) is 0 Å². The number of carbonyl (C=O) groups is 2. The second-order valence-corrected chi connectivity index (χ2v) is 3.17. The predicted molar refractivity (Wildman–Crippen MR) is 52.9 cm³/mol. The molecule has 0 aromatic heterocycles. The fraction of sp³-hybridized carbons (Fsp3) is 0.182. The van der Waals surface area contributed by atoms with Crippen molar-refractivity contribution in [1.82, 2.24) is 0 Å². The van der Waals surface area contributed by atoms with Crippen molar-refractivity contribution in [2.75, 3.05) is 7.11 Å². The van der Waals surface area contributed by atoms with Gasteiger partial charge in [-0.25, -0.2) is 4.79 Å². The number of halogens is 3. The maximum Gasteiger partial charge on any atom is 0.417 e. The van der Waals surface area contributed by atoms with Crippen LogP contribution in [-0.2, 0) is 10.9 Å². The van der Waals surface area contributed by atoms with Crippen LogP contribution >= 0.6 is 0 Å². The first-order chi connectivity index (χ1) is 8.36. The average molecular weight is 257 g/mol. The van der Waals surface area contributed by atoms with E-state index < -0.39 is 28.8 Å². The predicted octanol–water partition coefficient (Wildman–Crippen LogP) is 2.18. The lowest BCUT2D eigenvalue weighted by molar-refractivity contribution is -0.137. The molecule has 1 aromatic rings. The molecule has 0 atom stereocenters. The zero-order chi connectivity index (χ0) is 13.9. The number of esters is 1. The van der Waals surface area contributed by atoms with E-state index in [2.05, 4.69) is 4.74 Å². The smallest absolute Gasteiger partial charge is 0.417 e. The first-order valence-corrected chi connectivity index (χ1v) is 4.54. The van der Waals surface area contributed by atoms with E-state index in [1.807, 2.05) is 0 Å². The van der Waals surface area contributed by atoms with E-state index in [0.717, 1.165) is 13.2 Å². The number of rotatable bonds is 2. The Kier molecular flexibility index (Phi) is 3.71. The van der Waals surface area contributed by atoms with E-state index >= 15 is 0 Å². The Labute approximate surface area is 99.6 Å². The summed E-state index contributed by atoms with van der Waals surface area (Å²) in [4.78, 5) is 22.0. The Bertz CT molecular complexity index is 544. The van der Waals surface area contributed by atoms with Gasteiger partial charge in [0.15, 0.2) is 6.29 Å². The molecule has 0 heterocycles. The molecule has 0 saturated heterocycles. The maximum atomic E-state index is 12.6. The van der Waals surface area contributed by atoms with Gasteiger partial charge in [0, 0.05) is 5.56 Å². The summed E-state index contributed by atoms with van der Waals surface area (Å²) in [5.74, 6) is -0.983. The number of nitrogens with zero attached hydrogens (tertiary/aromatic N) is 1. The highest BCUT2D eigenvalue weighted by atomic mass is 19.4. The molecular formula is C11H6F3NO3. The molecule has 0 amide bonds. The first kappa shape index (κ1) is 13.7. The first-order valence-electron chi connectivity index (χ1n) is 4.54. The molecule has 0 spiro atoms. The summed E-state index contributed by atoms with van der Waals surface area (Å²) < 4.78 is 42.1. The molecule has 0 aliphatic heterocycles. The van der Waals surface area contributed by atoms with Gasteiger partial charge in [-0.15, -0.1) is 0 Å². The molecule has 7 heteroatoms. The zero-order valence-electron chi connectivity index (χ0n) is 9.04. The SMILES string of the molecule is COC(=O)c1ccc(C(F)(F)F)c(C=O)c1C#N. The van der Waals surface area contributed by atoms with Gasteiger partial charge in [-0.2, -0.15) is 18.4 Å². The Morgan fingerprint density at radius 1 is 1.44 bits per heavy atom. The van der Waals surface area contributed by atoms with Gasteiger partial charge in [0.1, 0.15) is 6.07 Å². The number of hydrogen-bond acceptors (Lipinski definition) is 4. The summed E-state index contributed by atoms with van der Waals surface area (Å²) in [5.41, 5.74) is -3.16.